The Kier molecular flexibility index (Phi) is 8.22. The fourth-order valence-electron chi connectivity index (χ4n) is 1.07. The zero-order valence-corrected chi connectivity index (χ0v) is 9.32. The maximum Gasteiger partial charge on any atom is 0.300 e. The van der Waals surface area contributed by atoms with Crippen LogP contribution in [0.4, 0.5) is 0 Å². The predicted molar refractivity (Wildman–Crippen MR) is 60.4 cm³/mol. The number of nitrogens with one attached hydrogen (secondary N) is 2. The summed E-state index contributed by atoms with van der Waals surface area (Å²) in [5, 5.41) is 14.5. The van der Waals surface area contributed by atoms with E-state index in [-0.39, 0.29) is 0 Å². The Balaban J connectivity index is 0.000000364. The maximum absolute atomic E-state index is 9.00. The van der Waals surface area contributed by atoms with Crippen molar-refractivity contribution in [3.05, 3.63) is 0 Å². The Morgan fingerprint density at radius 2 is 1.57 bits per heavy atom. The molecule has 82 valence electrons. The van der Waals surface area contributed by atoms with Gasteiger partial charge in [-0.3, -0.25) is 4.79 Å². The highest BCUT2D eigenvalue weighted by Gasteiger charge is 1.97. The Morgan fingerprint density at radius 1 is 1.21 bits per heavy atom. The van der Waals surface area contributed by atoms with Crippen LogP contribution in [0, 0.1) is 0 Å². The molecule has 1 saturated heterocycles. The molecule has 1 rings (SSSR count). The quantitative estimate of drug-likeness (QED) is 0.532. The lowest BCUT2D eigenvalue weighted by atomic mass is 10.2. The van der Waals surface area contributed by atoms with E-state index >= 15 is 0 Å². The average Bonchev–Trinajstić information content (AvgIpc) is 2.17. The van der Waals surface area contributed by atoms with Crippen LogP contribution in [0.5, 0.6) is 0 Å². The van der Waals surface area contributed by atoms with Gasteiger partial charge in [-0.2, -0.15) is 0 Å². The highest BCUT2D eigenvalue weighted by Crippen LogP contribution is 1.98. The minimum absolute atomic E-state index is 0.821. The second-order valence-corrected chi connectivity index (χ2v) is 3.52. The van der Waals surface area contributed by atoms with E-state index in [0.29, 0.717) is 0 Å². The third-order valence-corrected chi connectivity index (χ3v) is 1.96. The number of rotatable bonds is 0. The molecule has 5 heteroatoms. The van der Waals surface area contributed by atoms with Crippen molar-refractivity contribution in [2.75, 3.05) is 13.1 Å². The zero-order valence-electron chi connectivity index (χ0n) is 8.51. The van der Waals surface area contributed by atoms with E-state index < -0.39 is 5.97 Å². The van der Waals surface area contributed by atoms with Gasteiger partial charge in [0.05, 0.1) is 0 Å². The number of aliphatic carboxylic acids is 1. The summed E-state index contributed by atoms with van der Waals surface area (Å²) in [5.41, 5.74) is 0. The molecule has 0 aromatic heterocycles. The van der Waals surface area contributed by atoms with Crippen LogP contribution in [0.1, 0.15) is 32.6 Å². The molecule has 1 heterocycles. The monoisotopic (exact) mass is 218 g/mol. The van der Waals surface area contributed by atoms with Crippen molar-refractivity contribution in [2.45, 2.75) is 32.6 Å². The van der Waals surface area contributed by atoms with Crippen molar-refractivity contribution < 1.29 is 9.90 Å². The molecule has 0 bridgehead atoms. The fourth-order valence-corrected chi connectivity index (χ4v) is 1.27. The third-order valence-electron chi connectivity index (χ3n) is 1.67. The largest absolute Gasteiger partial charge is 0.481 e. The van der Waals surface area contributed by atoms with E-state index in [4.69, 9.17) is 22.1 Å². The van der Waals surface area contributed by atoms with Crippen LogP contribution in [0.15, 0.2) is 0 Å². The van der Waals surface area contributed by atoms with E-state index in [1.165, 1.54) is 25.7 Å². The smallest absolute Gasteiger partial charge is 0.300 e. The Morgan fingerprint density at radius 3 is 1.93 bits per heavy atom. The summed E-state index contributed by atoms with van der Waals surface area (Å²) < 4.78 is 0. The summed E-state index contributed by atoms with van der Waals surface area (Å²) in [7, 11) is 0. The summed E-state index contributed by atoms with van der Waals surface area (Å²) in [5.74, 6) is -0.833. The van der Waals surface area contributed by atoms with Crippen molar-refractivity contribution in [3.63, 3.8) is 0 Å². The molecule has 0 spiro atoms. The minimum atomic E-state index is -0.833. The number of carbonyl (C=O) groups is 1. The Labute approximate surface area is 90.1 Å². The standard InChI is InChI=1S/C7H14N2S.C2H4O2/c10-7-8-5-3-1-2-4-6-9-7;1-2(3)4/h1-6H2,(H2,8,9,10);1H3,(H,3,4). The first kappa shape index (κ1) is 13.2. The van der Waals surface area contributed by atoms with Crippen LogP contribution in [-0.4, -0.2) is 29.3 Å². The van der Waals surface area contributed by atoms with Gasteiger partial charge in [0, 0.05) is 20.0 Å². The number of thiocarbonyl (C=S) groups is 1. The Bertz CT molecular complexity index is 170. The van der Waals surface area contributed by atoms with E-state index in [1.807, 2.05) is 0 Å². The summed E-state index contributed by atoms with van der Waals surface area (Å²) in [6.07, 6.45) is 5.16. The molecule has 0 saturated carbocycles. The number of hydrogen-bond acceptors (Lipinski definition) is 2. The summed E-state index contributed by atoms with van der Waals surface area (Å²) in [4.78, 5) is 9.00. The first-order valence-corrected chi connectivity index (χ1v) is 5.25. The molecule has 0 aliphatic carbocycles. The van der Waals surface area contributed by atoms with Gasteiger partial charge in [-0.05, 0) is 25.1 Å². The fraction of sp³-hybridized carbons (Fsp3) is 0.778. The van der Waals surface area contributed by atoms with E-state index in [2.05, 4.69) is 10.6 Å². The highest BCUT2D eigenvalue weighted by atomic mass is 32.1. The highest BCUT2D eigenvalue weighted by molar-refractivity contribution is 7.80. The van der Waals surface area contributed by atoms with Gasteiger partial charge in [0.2, 0.25) is 0 Å². The van der Waals surface area contributed by atoms with Crippen LogP contribution in [-0.2, 0) is 4.79 Å². The summed E-state index contributed by atoms with van der Waals surface area (Å²) in [6.45, 7) is 3.15. The molecule has 1 aliphatic heterocycles. The number of hydrogen-bond donors (Lipinski definition) is 3. The van der Waals surface area contributed by atoms with Crippen LogP contribution < -0.4 is 10.6 Å². The van der Waals surface area contributed by atoms with E-state index in [1.54, 1.807) is 0 Å². The van der Waals surface area contributed by atoms with Gasteiger partial charge in [0.15, 0.2) is 5.11 Å². The van der Waals surface area contributed by atoms with Gasteiger partial charge in [0.1, 0.15) is 0 Å². The van der Waals surface area contributed by atoms with Crippen molar-refractivity contribution in [1.29, 1.82) is 0 Å². The molecule has 1 aliphatic rings. The first-order valence-electron chi connectivity index (χ1n) is 4.84. The molecule has 0 aromatic carbocycles. The molecule has 14 heavy (non-hydrogen) atoms. The van der Waals surface area contributed by atoms with E-state index in [9.17, 15) is 0 Å². The van der Waals surface area contributed by atoms with Gasteiger partial charge in [-0.15, -0.1) is 0 Å². The zero-order chi connectivity index (χ0) is 10.8. The second-order valence-electron chi connectivity index (χ2n) is 3.12. The van der Waals surface area contributed by atoms with Crippen molar-refractivity contribution >= 4 is 23.3 Å². The van der Waals surface area contributed by atoms with Crippen LogP contribution in [0.2, 0.25) is 0 Å². The van der Waals surface area contributed by atoms with Gasteiger partial charge >= 0.3 is 0 Å². The third kappa shape index (κ3) is 11.2. The molecular formula is C9H18N2O2S. The molecule has 0 radical (unpaired) electrons. The molecule has 0 amide bonds. The van der Waals surface area contributed by atoms with E-state index in [0.717, 1.165) is 25.1 Å². The first-order chi connectivity index (χ1) is 6.63. The average molecular weight is 218 g/mol. The minimum Gasteiger partial charge on any atom is -0.481 e. The molecule has 0 aromatic rings. The predicted octanol–water partition coefficient (Wildman–Crippen LogP) is 1.12. The second kappa shape index (κ2) is 8.74. The lowest BCUT2D eigenvalue weighted by molar-refractivity contribution is -0.134. The van der Waals surface area contributed by atoms with Crippen molar-refractivity contribution in [3.8, 4) is 0 Å². The Hall–Kier alpha value is -0.840. The molecule has 3 N–H and O–H groups in total. The van der Waals surface area contributed by atoms with Crippen LogP contribution >= 0.6 is 12.2 Å². The summed E-state index contributed by atoms with van der Waals surface area (Å²) in [6, 6.07) is 0. The van der Waals surface area contributed by atoms with Crippen LogP contribution in [0.25, 0.3) is 0 Å². The van der Waals surface area contributed by atoms with Crippen LogP contribution in [0.3, 0.4) is 0 Å². The van der Waals surface area contributed by atoms with Gasteiger partial charge in [0.25, 0.3) is 5.97 Å². The molecular weight excluding hydrogens is 200 g/mol. The summed E-state index contributed by atoms with van der Waals surface area (Å²) >= 11 is 4.99. The molecule has 0 unspecified atom stereocenters. The molecule has 0 atom stereocenters. The lowest BCUT2D eigenvalue weighted by Gasteiger charge is -2.05. The normalized spacial score (nSPS) is 17.1. The van der Waals surface area contributed by atoms with Gasteiger partial charge in [-0.1, -0.05) is 12.8 Å². The maximum atomic E-state index is 9.00. The lowest BCUT2D eigenvalue weighted by Crippen LogP contribution is -2.35. The van der Waals surface area contributed by atoms with Crippen molar-refractivity contribution in [1.82, 2.24) is 10.6 Å². The topological polar surface area (TPSA) is 61.4 Å². The molecule has 4 nitrogen and oxygen atoms in total. The van der Waals surface area contributed by atoms with Gasteiger partial charge in [-0.25, -0.2) is 0 Å². The van der Waals surface area contributed by atoms with Gasteiger partial charge < -0.3 is 15.7 Å². The number of carboxylic acids is 1. The number of carboxylic acid groups (broad SMARTS) is 1. The molecule has 1 fully saturated rings. The SMILES string of the molecule is CC(=O)O.S=C1NCCCCCCN1. The van der Waals surface area contributed by atoms with Crippen molar-refractivity contribution in [2.24, 2.45) is 0 Å².